The van der Waals surface area contributed by atoms with Gasteiger partial charge in [0.2, 0.25) is 0 Å². The number of nitrogens with one attached hydrogen (secondary N) is 1. The van der Waals surface area contributed by atoms with E-state index in [0.717, 1.165) is 0 Å². The molecule has 2 saturated heterocycles. The lowest BCUT2D eigenvalue weighted by Gasteiger charge is -2.34. The minimum atomic E-state index is -0.507. The molecule has 12 heteroatoms. The zero-order valence-electron chi connectivity index (χ0n) is 18.4. The van der Waals surface area contributed by atoms with Gasteiger partial charge >= 0.3 is 0 Å². The number of carbonyl (C=O) groups excluding carboxylic acids is 2. The number of aromatic nitrogens is 1. The Bertz CT molecular complexity index is 1110. The number of nitrogens with two attached hydrogens (primary N) is 1. The summed E-state index contributed by atoms with van der Waals surface area (Å²) in [5.41, 5.74) is 6.72. The van der Waals surface area contributed by atoms with Crippen molar-refractivity contribution < 1.29 is 19.2 Å². The van der Waals surface area contributed by atoms with E-state index in [4.69, 9.17) is 10.5 Å². The number of benzene rings is 1. The molecule has 4 rings (SSSR count). The molecule has 0 spiro atoms. The van der Waals surface area contributed by atoms with Gasteiger partial charge in [0.1, 0.15) is 5.69 Å². The number of amides is 2. The lowest BCUT2D eigenvalue weighted by Crippen LogP contribution is -2.45. The smallest absolute Gasteiger partial charge is 0.294 e. The fourth-order valence-electron chi connectivity index (χ4n) is 4.23. The SMILES string of the molecule is Nc1cncc(C(=O)N2CCC[C@@H](Nc3c(C(=O)N4CCOCC4)cc(Br)cc3[N+](=O)[O-])C2)c1. The van der Waals surface area contributed by atoms with Crippen LogP contribution in [0, 0.1) is 10.1 Å². The van der Waals surface area contributed by atoms with Gasteiger partial charge in [0.25, 0.3) is 17.5 Å². The van der Waals surface area contributed by atoms with Crippen molar-refractivity contribution in [2.45, 2.75) is 18.9 Å². The molecular weight excluding hydrogens is 508 g/mol. The summed E-state index contributed by atoms with van der Waals surface area (Å²) in [5, 5.41) is 15.1. The second-order valence-corrected chi connectivity index (χ2v) is 9.17. The van der Waals surface area contributed by atoms with E-state index in [0.29, 0.717) is 68.0 Å². The van der Waals surface area contributed by atoms with Crippen LogP contribution in [0.3, 0.4) is 0 Å². The van der Waals surface area contributed by atoms with Crippen LogP contribution in [-0.4, -0.2) is 77.0 Å². The maximum absolute atomic E-state index is 13.3. The molecule has 2 amide bonds. The number of ether oxygens (including phenoxy) is 1. The molecule has 2 fully saturated rings. The summed E-state index contributed by atoms with van der Waals surface area (Å²) >= 11 is 3.30. The van der Waals surface area contributed by atoms with Gasteiger partial charge in [0.15, 0.2) is 0 Å². The number of nitrogens with zero attached hydrogens (tertiary/aromatic N) is 4. The van der Waals surface area contributed by atoms with Crippen LogP contribution in [-0.2, 0) is 4.74 Å². The van der Waals surface area contributed by atoms with Gasteiger partial charge in [-0.05, 0) is 25.0 Å². The number of nitrogen functional groups attached to an aromatic ring is 1. The van der Waals surface area contributed by atoms with E-state index in [1.54, 1.807) is 21.9 Å². The number of morpholine rings is 1. The third-order valence-electron chi connectivity index (χ3n) is 5.87. The van der Waals surface area contributed by atoms with Crippen LogP contribution in [0.4, 0.5) is 17.1 Å². The molecule has 0 aliphatic carbocycles. The van der Waals surface area contributed by atoms with E-state index in [1.165, 1.54) is 18.5 Å². The largest absolute Gasteiger partial charge is 0.397 e. The number of piperidine rings is 1. The fourth-order valence-corrected chi connectivity index (χ4v) is 4.68. The summed E-state index contributed by atoms with van der Waals surface area (Å²) in [6.45, 7) is 2.54. The number of pyridine rings is 1. The molecule has 3 heterocycles. The van der Waals surface area contributed by atoms with E-state index in [1.807, 2.05) is 0 Å². The lowest BCUT2D eigenvalue weighted by molar-refractivity contribution is -0.384. The average Bonchev–Trinajstić information content (AvgIpc) is 2.84. The first kappa shape index (κ1) is 23.9. The Labute approximate surface area is 204 Å². The topological polar surface area (TPSA) is 144 Å². The number of halogens is 1. The summed E-state index contributed by atoms with van der Waals surface area (Å²) in [7, 11) is 0. The Hall–Kier alpha value is -3.25. The Morgan fingerprint density at radius 2 is 1.91 bits per heavy atom. The number of hydrogen-bond donors (Lipinski definition) is 2. The first-order chi connectivity index (χ1) is 16.3. The third-order valence-corrected chi connectivity index (χ3v) is 6.33. The van der Waals surface area contributed by atoms with Crippen molar-refractivity contribution in [3.63, 3.8) is 0 Å². The number of likely N-dealkylation sites (tertiary alicyclic amines) is 1. The summed E-state index contributed by atoms with van der Waals surface area (Å²) in [4.78, 5) is 44.9. The van der Waals surface area contributed by atoms with Crippen molar-refractivity contribution in [2.24, 2.45) is 0 Å². The van der Waals surface area contributed by atoms with Crippen LogP contribution in [0.25, 0.3) is 0 Å². The highest BCUT2D eigenvalue weighted by Gasteiger charge is 2.31. The minimum Gasteiger partial charge on any atom is -0.397 e. The molecule has 2 aliphatic rings. The van der Waals surface area contributed by atoms with Crippen molar-refractivity contribution >= 4 is 44.8 Å². The van der Waals surface area contributed by atoms with Crippen LogP contribution < -0.4 is 11.1 Å². The van der Waals surface area contributed by atoms with Crippen molar-refractivity contribution in [2.75, 3.05) is 50.4 Å². The highest BCUT2D eigenvalue weighted by Crippen LogP contribution is 2.35. The fraction of sp³-hybridized carbons (Fsp3) is 0.409. The highest BCUT2D eigenvalue weighted by molar-refractivity contribution is 9.10. The normalized spacial score (nSPS) is 18.4. The monoisotopic (exact) mass is 532 g/mol. The van der Waals surface area contributed by atoms with Crippen LogP contribution in [0.1, 0.15) is 33.6 Å². The molecule has 11 nitrogen and oxygen atoms in total. The lowest BCUT2D eigenvalue weighted by atomic mass is 10.0. The zero-order chi connectivity index (χ0) is 24.2. The number of nitro benzene ring substituents is 1. The van der Waals surface area contributed by atoms with Gasteiger partial charge in [-0.25, -0.2) is 0 Å². The summed E-state index contributed by atoms with van der Waals surface area (Å²) in [6, 6.07) is 4.27. The minimum absolute atomic E-state index is 0.162. The molecular formula is C22H25BrN6O5. The first-order valence-corrected chi connectivity index (χ1v) is 11.7. The maximum Gasteiger partial charge on any atom is 0.294 e. The Kier molecular flexibility index (Phi) is 7.27. The number of nitro groups is 1. The number of carbonyl (C=O) groups is 2. The van der Waals surface area contributed by atoms with Crippen LogP contribution in [0.5, 0.6) is 0 Å². The predicted molar refractivity (Wildman–Crippen MR) is 129 cm³/mol. The number of hydrogen-bond acceptors (Lipinski definition) is 8. The number of rotatable bonds is 5. The van der Waals surface area contributed by atoms with Crippen molar-refractivity contribution in [1.29, 1.82) is 0 Å². The van der Waals surface area contributed by atoms with Crippen LogP contribution in [0.15, 0.2) is 35.1 Å². The Morgan fingerprint density at radius 1 is 1.15 bits per heavy atom. The van der Waals surface area contributed by atoms with Crippen molar-refractivity contribution in [3.05, 3.63) is 56.3 Å². The number of anilines is 2. The van der Waals surface area contributed by atoms with Gasteiger partial charge in [0.05, 0.1) is 35.0 Å². The Balaban J connectivity index is 1.60. The molecule has 2 aliphatic heterocycles. The second kappa shape index (κ2) is 10.3. The molecule has 0 radical (unpaired) electrons. The van der Waals surface area contributed by atoms with Gasteiger partial charge in [-0.15, -0.1) is 0 Å². The van der Waals surface area contributed by atoms with Gasteiger partial charge in [-0.1, -0.05) is 15.9 Å². The maximum atomic E-state index is 13.3. The third kappa shape index (κ3) is 5.28. The van der Waals surface area contributed by atoms with E-state index >= 15 is 0 Å². The Morgan fingerprint density at radius 3 is 2.62 bits per heavy atom. The first-order valence-electron chi connectivity index (χ1n) is 10.9. The average molecular weight is 533 g/mol. The summed E-state index contributed by atoms with van der Waals surface area (Å²) in [6.07, 6.45) is 4.33. The quantitative estimate of drug-likeness (QED) is 0.441. The van der Waals surface area contributed by atoms with E-state index < -0.39 is 4.92 Å². The van der Waals surface area contributed by atoms with Crippen LogP contribution in [0.2, 0.25) is 0 Å². The van der Waals surface area contributed by atoms with Crippen molar-refractivity contribution in [1.82, 2.24) is 14.8 Å². The molecule has 1 aromatic carbocycles. The highest BCUT2D eigenvalue weighted by atomic mass is 79.9. The van der Waals surface area contributed by atoms with E-state index in [-0.39, 0.29) is 34.8 Å². The molecule has 0 saturated carbocycles. The standard InChI is InChI=1S/C22H25BrN6O5/c23-15-9-18(22(31)27-4-6-34-7-5-27)20(19(10-15)29(32)33)26-17-2-1-3-28(13-17)21(30)14-8-16(24)12-25-11-14/h8-12,17,26H,1-7,13,24H2/t17-/m1/s1. The second-order valence-electron chi connectivity index (χ2n) is 8.25. The van der Waals surface area contributed by atoms with E-state index in [2.05, 4.69) is 26.2 Å². The molecule has 0 unspecified atom stereocenters. The van der Waals surface area contributed by atoms with E-state index in [9.17, 15) is 19.7 Å². The molecule has 34 heavy (non-hydrogen) atoms. The zero-order valence-corrected chi connectivity index (χ0v) is 20.0. The molecule has 2 aromatic rings. The summed E-state index contributed by atoms with van der Waals surface area (Å²) < 4.78 is 5.77. The molecule has 1 aromatic heterocycles. The summed E-state index contributed by atoms with van der Waals surface area (Å²) in [5.74, 6) is -0.508. The van der Waals surface area contributed by atoms with Gasteiger partial charge in [-0.3, -0.25) is 24.7 Å². The van der Waals surface area contributed by atoms with Crippen molar-refractivity contribution in [3.8, 4) is 0 Å². The molecule has 180 valence electrons. The molecule has 3 N–H and O–H groups in total. The van der Waals surface area contributed by atoms with Gasteiger partial charge < -0.3 is 25.6 Å². The van der Waals surface area contributed by atoms with Gasteiger partial charge in [0, 0.05) is 55.2 Å². The predicted octanol–water partition coefficient (Wildman–Crippen LogP) is 2.52. The van der Waals surface area contributed by atoms with Crippen LogP contribution >= 0.6 is 15.9 Å². The molecule has 0 bridgehead atoms. The molecule has 1 atom stereocenters. The van der Waals surface area contributed by atoms with Gasteiger partial charge in [-0.2, -0.15) is 0 Å².